The number of aryl methyl sites for hydroxylation is 1. The summed E-state index contributed by atoms with van der Waals surface area (Å²) in [5.74, 6) is 0.249. The van der Waals surface area contributed by atoms with Gasteiger partial charge >= 0.3 is 0 Å². The van der Waals surface area contributed by atoms with Gasteiger partial charge in [0.25, 0.3) is 5.91 Å². The molecule has 0 saturated heterocycles. The van der Waals surface area contributed by atoms with Crippen LogP contribution < -0.4 is 5.32 Å². The number of aliphatic hydroxyl groups excluding tert-OH is 1. The summed E-state index contributed by atoms with van der Waals surface area (Å²) in [7, 11) is 1.76. The molecule has 0 spiro atoms. The predicted molar refractivity (Wildman–Crippen MR) is 95.2 cm³/mol. The van der Waals surface area contributed by atoms with E-state index in [1.165, 1.54) is 0 Å². The second kappa shape index (κ2) is 8.31. The molecular weight excluding hydrogens is 326 g/mol. The smallest absolute Gasteiger partial charge is 0.269 e. The summed E-state index contributed by atoms with van der Waals surface area (Å²) >= 11 is 5.87. The Hall–Kier alpha value is -1.85. The maximum atomic E-state index is 12.5. The van der Waals surface area contributed by atoms with Gasteiger partial charge in [-0.25, -0.2) is 0 Å². The van der Waals surface area contributed by atoms with Gasteiger partial charge in [0.1, 0.15) is 5.69 Å². The van der Waals surface area contributed by atoms with Crippen molar-refractivity contribution in [2.24, 2.45) is 13.0 Å². The van der Waals surface area contributed by atoms with Crippen molar-refractivity contribution < 1.29 is 9.90 Å². The van der Waals surface area contributed by atoms with Crippen LogP contribution in [-0.4, -0.2) is 33.4 Å². The molecule has 0 unspecified atom stereocenters. The van der Waals surface area contributed by atoms with Crippen molar-refractivity contribution in [3.05, 3.63) is 52.3 Å². The van der Waals surface area contributed by atoms with Crippen molar-refractivity contribution in [1.82, 2.24) is 15.1 Å². The highest BCUT2D eigenvalue weighted by atomic mass is 35.5. The zero-order valence-corrected chi connectivity index (χ0v) is 15.0. The van der Waals surface area contributed by atoms with Gasteiger partial charge in [0, 0.05) is 12.1 Å². The van der Waals surface area contributed by atoms with Gasteiger partial charge in [-0.1, -0.05) is 37.6 Å². The number of carbonyl (C=O) groups is 1. The molecule has 5 nitrogen and oxygen atoms in total. The first-order chi connectivity index (χ1) is 11.4. The van der Waals surface area contributed by atoms with E-state index in [0.717, 1.165) is 17.7 Å². The van der Waals surface area contributed by atoms with Crippen LogP contribution in [0.1, 0.15) is 35.6 Å². The van der Waals surface area contributed by atoms with Gasteiger partial charge in [-0.2, -0.15) is 5.10 Å². The van der Waals surface area contributed by atoms with Gasteiger partial charge in [0.15, 0.2) is 0 Å². The summed E-state index contributed by atoms with van der Waals surface area (Å²) in [4.78, 5) is 12.5. The Balaban J connectivity index is 2.03. The van der Waals surface area contributed by atoms with E-state index in [1.54, 1.807) is 23.9 Å². The number of benzene rings is 1. The Bertz CT molecular complexity index is 680. The lowest BCUT2D eigenvalue weighted by molar-refractivity contribution is 0.0907. The summed E-state index contributed by atoms with van der Waals surface area (Å²) in [6, 6.07) is 8.83. The number of nitrogens with zero attached hydrogens (tertiary/aromatic N) is 2. The fraction of sp³-hybridized carbons (Fsp3) is 0.444. The Labute approximate surface area is 147 Å². The Morgan fingerprint density at radius 2 is 1.96 bits per heavy atom. The number of nitrogens with one attached hydrogen (secondary N) is 1. The first-order valence-electron chi connectivity index (χ1n) is 8.08. The summed E-state index contributed by atoms with van der Waals surface area (Å²) in [6.45, 7) is 4.09. The third-order valence-corrected chi connectivity index (χ3v) is 3.98. The molecule has 0 aliphatic carbocycles. The van der Waals surface area contributed by atoms with Crippen LogP contribution >= 0.6 is 11.6 Å². The topological polar surface area (TPSA) is 67.2 Å². The molecule has 0 aliphatic rings. The normalized spacial score (nSPS) is 12.4. The molecule has 24 heavy (non-hydrogen) atoms. The van der Waals surface area contributed by atoms with E-state index in [2.05, 4.69) is 24.3 Å². The van der Waals surface area contributed by atoms with E-state index in [0.29, 0.717) is 23.1 Å². The van der Waals surface area contributed by atoms with Gasteiger partial charge in [-0.05, 0) is 42.5 Å². The second-order valence-electron chi connectivity index (χ2n) is 6.43. The molecule has 1 heterocycles. The molecule has 2 N–H and O–H groups in total. The number of halogens is 1. The average molecular weight is 350 g/mol. The Morgan fingerprint density at radius 3 is 2.54 bits per heavy atom. The third kappa shape index (κ3) is 5.08. The van der Waals surface area contributed by atoms with E-state index in [-0.39, 0.29) is 18.6 Å². The second-order valence-corrected chi connectivity index (χ2v) is 6.86. The SMILES string of the molecule is CC(C)Cc1cc(C(=O)N[C@@H](CO)Cc2ccc(Cl)cc2)n(C)n1. The van der Waals surface area contributed by atoms with Gasteiger partial charge in [-0.15, -0.1) is 0 Å². The van der Waals surface area contributed by atoms with Crippen LogP contribution in [0, 0.1) is 5.92 Å². The lowest BCUT2D eigenvalue weighted by atomic mass is 10.1. The molecule has 2 aromatic rings. The molecule has 0 radical (unpaired) electrons. The quantitative estimate of drug-likeness (QED) is 0.807. The number of amides is 1. The molecule has 130 valence electrons. The molecule has 0 fully saturated rings. The summed E-state index contributed by atoms with van der Waals surface area (Å²) in [5.41, 5.74) is 2.40. The van der Waals surface area contributed by atoms with Crippen LogP contribution in [-0.2, 0) is 19.9 Å². The Kier molecular flexibility index (Phi) is 6.40. The molecule has 1 atom stereocenters. The molecule has 0 saturated carbocycles. The first kappa shape index (κ1) is 18.5. The van der Waals surface area contributed by atoms with Gasteiger partial charge in [-0.3, -0.25) is 9.48 Å². The largest absolute Gasteiger partial charge is 0.394 e. The molecule has 0 aliphatic heterocycles. The third-order valence-electron chi connectivity index (χ3n) is 3.73. The van der Waals surface area contributed by atoms with Crippen LogP contribution in [0.2, 0.25) is 5.02 Å². The minimum absolute atomic E-state index is 0.134. The van der Waals surface area contributed by atoms with Crippen molar-refractivity contribution in [2.75, 3.05) is 6.61 Å². The van der Waals surface area contributed by atoms with Gasteiger partial charge < -0.3 is 10.4 Å². The van der Waals surface area contributed by atoms with Crippen LogP contribution in [0.3, 0.4) is 0 Å². The number of rotatable bonds is 7. The highest BCUT2D eigenvalue weighted by molar-refractivity contribution is 6.30. The van der Waals surface area contributed by atoms with Crippen molar-refractivity contribution in [2.45, 2.75) is 32.7 Å². The van der Waals surface area contributed by atoms with Gasteiger partial charge in [0.05, 0.1) is 18.3 Å². The van der Waals surface area contributed by atoms with Crippen LogP contribution in [0.5, 0.6) is 0 Å². The van der Waals surface area contributed by atoms with Crippen LogP contribution in [0.25, 0.3) is 0 Å². The van der Waals surface area contributed by atoms with Crippen LogP contribution in [0.15, 0.2) is 30.3 Å². The molecule has 1 aromatic carbocycles. The lowest BCUT2D eigenvalue weighted by Crippen LogP contribution is -2.39. The highest BCUT2D eigenvalue weighted by Crippen LogP contribution is 2.12. The van der Waals surface area contributed by atoms with Crippen molar-refractivity contribution in [3.63, 3.8) is 0 Å². The molecule has 6 heteroatoms. The lowest BCUT2D eigenvalue weighted by Gasteiger charge is -2.16. The van der Waals surface area contributed by atoms with E-state index in [4.69, 9.17) is 11.6 Å². The summed E-state index contributed by atoms with van der Waals surface area (Å²) in [6.07, 6.45) is 1.37. The minimum Gasteiger partial charge on any atom is -0.394 e. The van der Waals surface area contributed by atoms with Crippen LogP contribution in [0.4, 0.5) is 0 Å². The standard InChI is InChI=1S/C18H24ClN3O2/c1-12(2)8-15-10-17(22(3)21-15)18(24)20-16(11-23)9-13-4-6-14(19)7-5-13/h4-7,10,12,16,23H,8-9,11H2,1-3H3,(H,20,24)/t16-/m1/s1. The minimum atomic E-state index is -0.359. The fourth-order valence-electron chi connectivity index (χ4n) is 2.58. The maximum absolute atomic E-state index is 12.5. The zero-order chi connectivity index (χ0) is 17.7. The summed E-state index contributed by atoms with van der Waals surface area (Å²) < 4.78 is 1.59. The average Bonchev–Trinajstić information content (AvgIpc) is 2.88. The molecule has 0 bridgehead atoms. The van der Waals surface area contributed by atoms with Crippen molar-refractivity contribution in [1.29, 1.82) is 0 Å². The van der Waals surface area contributed by atoms with E-state index in [1.807, 2.05) is 18.2 Å². The van der Waals surface area contributed by atoms with Gasteiger partial charge in [0.2, 0.25) is 0 Å². The molecule has 1 aromatic heterocycles. The first-order valence-corrected chi connectivity index (χ1v) is 8.46. The monoisotopic (exact) mass is 349 g/mol. The number of hydrogen-bond acceptors (Lipinski definition) is 3. The van der Waals surface area contributed by atoms with Crippen molar-refractivity contribution in [3.8, 4) is 0 Å². The zero-order valence-electron chi connectivity index (χ0n) is 14.3. The van der Waals surface area contributed by atoms with Crippen molar-refractivity contribution >= 4 is 17.5 Å². The van der Waals surface area contributed by atoms with E-state index >= 15 is 0 Å². The number of carbonyl (C=O) groups excluding carboxylic acids is 1. The maximum Gasteiger partial charge on any atom is 0.269 e. The van der Waals surface area contributed by atoms with E-state index < -0.39 is 0 Å². The number of aliphatic hydroxyl groups is 1. The predicted octanol–water partition coefficient (Wildman–Crippen LogP) is 2.61. The molecular formula is C18H24ClN3O2. The molecule has 1 amide bonds. The summed E-state index contributed by atoms with van der Waals surface area (Å²) in [5, 5.41) is 17.5. The number of hydrogen-bond donors (Lipinski definition) is 2. The Morgan fingerprint density at radius 1 is 1.29 bits per heavy atom. The number of aromatic nitrogens is 2. The van der Waals surface area contributed by atoms with E-state index in [9.17, 15) is 9.90 Å². The fourth-order valence-corrected chi connectivity index (χ4v) is 2.71. The highest BCUT2D eigenvalue weighted by Gasteiger charge is 2.18. The molecule has 2 rings (SSSR count).